The number of rotatable bonds is 2. The van der Waals surface area contributed by atoms with Gasteiger partial charge in [0.15, 0.2) is 0 Å². The lowest BCUT2D eigenvalue weighted by molar-refractivity contribution is -0.141. The third-order valence-electron chi connectivity index (χ3n) is 5.40. The molecule has 1 amide bonds. The Morgan fingerprint density at radius 3 is 1.97 bits per heavy atom. The van der Waals surface area contributed by atoms with E-state index in [0.29, 0.717) is 0 Å². The van der Waals surface area contributed by atoms with Gasteiger partial charge in [0.25, 0.3) is 11.5 Å². The molecule has 2 aromatic carbocycles. The van der Waals surface area contributed by atoms with Crippen LogP contribution in [0.25, 0.3) is 11.1 Å². The van der Waals surface area contributed by atoms with Crippen LogP contribution >= 0.6 is 0 Å². The smallest absolute Gasteiger partial charge is 0.341 e. The summed E-state index contributed by atoms with van der Waals surface area (Å²) in [6.07, 6.45) is -4.70. The highest BCUT2D eigenvalue weighted by Crippen LogP contribution is 2.43. The first-order chi connectivity index (χ1) is 13.7. The highest BCUT2D eigenvalue weighted by molar-refractivity contribution is 5.97. The van der Waals surface area contributed by atoms with E-state index in [1.807, 2.05) is 53.5 Å². The number of carbonyl (C=O) groups excluding carboxylic acids is 1. The molecule has 7 heteroatoms. The number of pyridine rings is 1. The molecular weight excluding hydrogens is 381 g/mol. The van der Waals surface area contributed by atoms with Crippen LogP contribution in [0, 0.1) is 13.8 Å². The summed E-state index contributed by atoms with van der Waals surface area (Å²) < 4.78 is 39.4. The second-order valence-corrected chi connectivity index (χ2v) is 7.03. The van der Waals surface area contributed by atoms with E-state index in [0.717, 1.165) is 22.3 Å². The van der Waals surface area contributed by atoms with Gasteiger partial charge in [-0.25, -0.2) is 0 Å². The van der Waals surface area contributed by atoms with Gasteiger partial charge in [-0.2, -0.15) is 13.2 Å². The number of amides is 1. The van der Waals surface area contributed by atoms with Gasteiger partial charge in [-0.3, -0.25) is 9.59 Å². The molecule has 3 aromatic rings. The number of benzene rings is 2. The van der Waals surface area contributed by atoms with Crippen LogP contribution in [0.1, 0.15) is 44.3 Å². The van der Waals surface area contributed by atoms with Gasteiger partial charge in [0, 0.05) is 0 Å². The van der Waals surface area contributed by atoms with Gasteiger partial charge in [0.05, 0.1) is 6.04 Å². The van der Waals surface area contributed by atoms with Crippen molar-refractivity contribution in [3.05, 3.63) is 92.4 Å². The maximum absolute atomic E-state index is 13.1. The first-order valence-electron chi connectivity index (χ1n) is 9.00. The number of hydrogen-bond donors (Lipinski definition) is 2. The zero-order valence-electron chi connectivity index (χ0n) is 15.6. The predicted octanol–water partition coefficient (Wildman–Crippen LogP) is 4.51. The first kappa shape index (κ1) is 19.0. The van der Waals surface area contributed by atoms with Crippen molar-refractivity contribution in [1.29, 1.82) is 0 Å². The van der Waals surface area contributed by atoms with Gasteiger partial charge in [0.2, 0.25) is 0 Å². The molecule has 1 heterocycles. The van der Waals surface area contributed by atoms with Gasteiger partial charge in [-0.1, -0.05) is 48.5 Å². The minimum Gasteiger partial charge on any atom is -0.341 e. The van der Waals surface area contributed by atoms with Gasteiger partial charge in [-0.05, 0) is 47.2 Å². The maximum atomic E-state index is 13.1. The first-order valence-corrected chi connectivity index (χ1v) is 9.00. The van der Waals surface area contributed by atoms with Crippen molar-refractivity contribution in [2.45, 2.75) is 26.1 Å². The van der Waals surface area contributed by atoms with E-state index in [1.165, 1.54) is 13.8 Å². The number of carbonyl (C=O) groups is 1. The molecule has 0 bridgehead atoms. The minimum absolute atomic E-state index is 0.0122. The van der Waals surface area contributed by atoms with E-state index in [4.69, 9.17) is 0 Å². The van der Waals surface area contributed by atoms with E-state index < -0.39 is 29.4 Å². The number of hydrogen-bond acceptors (Lipinski definition) is 2. The second kappa shape index (κ2) is 6.62. The number of aromatic nitrogens is 1. The second-order valence-electron chi connectivity index (χ2n) is 7.03. The molecular formula is C22H17F3N2O2. The summed E-state index contributed by atoms with van der Waals surface area (Å²) in [5, 5.41) is 2.83. The predicted molar refractivity (Wildman–Crippen MR) is 103 cm³/mol. The summed E-state index contributed by atoms with van der Waals surface area (Å²) in [6, 6.07) is 14.7. The molecule has 29 heavy (non-hydrogen) atoms. The molecule has 4 rings (SSSR count). The van der Waals surface area contributed by atoms with E-state index >= 15 is 0 Å². The van der Waals surface area contributed by atoms with Crippen LogP contribution < -0.4 is 10.9 Å². The normalized spacial score (nSPS) is 13.1. The minimum atomic E-state index is -4.70. The highest BCUT2D eigenvalue weighted by Gasteiger charge is 2.36. The lowest BCUT2D eigenvalue weighted by atomic mass is 10.0. The summed E-state index contributed by atoms with van der Waals surface area (Å²) >= 11 is 0. The van der Waals surface area contributed by atoms with E-state index in [2.05, 4.69) is 5.32 Å². The Labute approximate surface area is 164 Å². The lowest BCUT2D eigenvalue weighted by Gasteiger charge is -2.18. The molecule has 1 aliphatic carbocycles. The van der Waals surface area contributed by atoms with Gasteiger partial charge in [0.1, 0.15) is 11.3 Å². The van der Waals surface area contributed by atoms with E-state index in [1.54, 1.807) is 0 Å². The number of H-pyrrole nitrogens is 1. The topological polar surface area (TPSA) is 62.0 Å². The van der Waals surface area contributed by atoms with Crippen molar-refractivity contribution < 1.29 is 18.0 Å². The van der Waals surface area contributed by atoms with Crippen molar-refractivity contribution in [2.24, 2.45) is 0 Å². The van der Waals surface area contributed by atoms with Crippen LogP contribution in [-0.2, 0) is 6.18 Å². The molecule has 0 aliphatic heterocycles. The molecule has 0 spiro atoms. The maximum Gasteiger partial charge on any atom is 0.431 e. The molecule has 2 N–H and O–H groups in total. The van der Waals surface area contributed by atoms with Gasteiger partial charge in [-0.15, -0.1) is 0 Å². The van der Waals surface area contributed by atoms with Crippen LogP contribution in [-0.4, -0.2) is 10.9 Å². The molecule has 4 nitrogen and oxygen atoms in total. The molecule has 0 radical (unpaired) electrons. The average molecular weight is 398 g/mol. The molecule has 0 fully saturated rings. The third kappa shape index (κ3) is 3.03. The number of alkyl halides is 3. The largest absolute Gasteiger partial charge is 0.431 e. The zero-order valence-corrected chi connectivity index (χ0v) is 15.6. The average Bonchev–Trinajstić information content (AvgIpc) is 2.98. The van der Waals surface area contributed by atoms with Crippen LogP contribution in [0.3, 0.4) is 0 Å². The summed E-state index contributed by atoms with van der Waals surface area (Å²) in [6.45, 7) is 2.59. The quantitative estimate of drug-likeness (QED) is 0.667. The fraction of sp³-hybridized carbons (Fsp3) is 0.182. The lowest BCUT2D eigenvalue weighted by Crippen LogP contribution is -2.35. The SMILES string of the molecule is Cc1c(C(F)(F)F)[nH]c(=O)c(C(=O)NC2c3ccccc3-c3ccccc32)c1C. The summed E-state index contributed by atoms with van der Waals surface area (Å²) in [5.41, 5.74) is 1.04. The van der Waals surface area contributed by atoms with Crippen molar-refractivity contribution in [2.75, 3.05) is 0 Å². The zero-order chi connectivity index (χ0) is 20.9. The van der Waals surface area contributed by atoms with Crippen molar-refractivity contribution in [3.8, 4) is 11.1 Å². The van der Waals surface area contributed by atoms with Crippen molar-refractivity contribution in [3.63, 3.8) is 0 Å². The number of aromatic amines is 1. The Morgan fingerprint density at radius 1 is 0.931 bits per heavy atom. The summed E-state index contributed by atoms with van der Waals surface area (Å²) in [7, 11) is 0. The number of fused-ring (bicyclic) bond motifs is 3. The molecule has 1 aromatic heterocycles. The standard InChI is InChI=1S/C22H17F3N2O2/c1-11-12(2)19(22(23,24)25)27-21(29)17(11)20(28)26-18-15-9-5-3-7-13(15)14-8-4-6-10-16(14)18/h3-10,18H,1-2H3,(H,26,28)(H,27,29). The molecule has 0 saturated heterocycles. The monoisotopic (exact) mass is 398 g/mol. The fourth-order valence-electron chi connectivity index (χ4n) is 3.89. The number of halogens is 3. The Kier molecular flexibility index (Phi) is 4.33. The summed E-state index contributed by atoms with van der Waals surface area (Å²) in [5.74, 6) is -0.711. The Hall–Kier alpha value is -3.35. The molecule has 148 valence electrons. The molecule has 0 unspecified atom stereocenters. The van der Waals surface area contributed by atoms with Crippen molar-refractivity contribution >= 4 is 5.91 Å². The summed E-state index contributed by atoms with van der Waals surface area (Å²) in [4.78, 5) is 27.1. The van der Waals surface area contributed by atoms with Crippen LogP contribution in [0.4, 0.5) is 13.2 Å². The molecule has 0 saturated carbocycles. The Balaban J connectivity index is 1.77. The Bertz CT molecular complexity index is 1150. The van der Waals surface area contributed by atoms with Gasteiger partial charge < -0.3 is 10.3 Å². The van der Waals surface area contributed by atoms with E-state index in [-0.39, 0.29) is 16.7 Å². The van der Waals surface area contributed by atoms with Crippen LogP contribution in [0.5, 0.6) is 0 Å². The highest BCUT2D eigenvalue weighted by atomic mass is 19.4. The van der Waals surface area contributed by atoms with Gasteiger partial charge >= 0.3 is 6.18 Å². The Morgan fingerprint density at radius 2 is 1.45 bits per heavy atom. The van der Waals surface area contributed by atoms with Crippen LogP contribution in [0.2, 0.25) is 0 Å². The van der Waals surface area contributed by atoms with E-state index in [9.17, 15) is 22.8 Å². The molecule has 0 atom stereocenters. The van der Waals surface area contributed by atoms with Crippen LogP contribution in [0.15, 0.2) is 53.3 Å². The molecule has 1 aliphatic rings. The number of nitrogens with one attached hydrogen (secondary N) is 2. The fourth-order valence-corrected chi connectivity index (χ4v) is 3.89. The van der Waals surface area contributed by atoms with Crippen molar-refractivity contribution in [1.82, 2.24) is 10.3 Å². The third-order valence-corrected chi connectivity index (χ3v) is 5.40.